The Morgan fingerprint density at radius 1 is 1.56 bits per heavy atom. The number of rotatable bonds is 3. The molecule has 0 heterocycles. The molecular formula is C7H11O2. The summed E-state index contributed by atoms with van der Waals surface area (Å²) in [5.41, 5.74) is 0.873. The first-order valence-electron chi connectivity index (χ1n) is 3.02. The van der Waals surface area contributed by atoms with Gasteiger partial charge in [0.2, 0.25) is 0 Å². The molecule has 0 unspecified atom stereocenters. The van der Waals surface area contributed by atoms with Gasteiger partial charge >= 0.3 is 5.97 Å². The number of hydrogen-bond donors (Lipinski definition) is 0. The van der Waals surface area contributed by atoms with Crippen LogP contribution >= 0.6 is 0 Å². The molecule has 0 bridgehead atoms. The average Bonchev–Trinajstić information content (AvgIpc) is 1.63. The molecule has 0 N–H and O–H groups in total. The van der Waals surface area contributed by atoms with Gasteiger partial charge in [0.25, 0.3) is 0 Å². The highest BCUT2D eigenvalue weighted by molar-refractivity contribution is 5.69. The van der Waals surface area contributed by atoms with E-state index >= 15 is 0 Å². The Balaban J connectivity index is 3.62. The molecule has 2 heteroatoms. The van der Waals surface area contributed by atoms with Crippen molar-refractivity contribution < 1.29 is 9.90 Å². The van der Waals surface area contributed by atoms with Gasteiger partial charge in [-0.2, -0.15) is 0 Å². The van der Waals surface area contributed by atoms with E-state index in [-0.39, 0.29) is 6.42 Å². The first-order chi connectivity index (χ1) is 4.16. The molecule has 0 aromatic carbocycles. The lowest BCUT2D eigenvalue weighted by atomic mass is 10.2. The molecule has 0 rings (SSSR count). The predicted molar refractivity (Wildman–Crippen MR) is 34.4 cm³/mol. The van der Waals surface area contributed by atoms with Gasteiger partial charge in [-0.05, 0) is 13.3 Å². The Morgan fingerprint density at radius 3 is 2.44 bits per heavy atom. The molecule has 0 amide bonds. The fourth-order valence-electron chi connectivity index (χ4n) is 0.648. The van der Waals surface area contributed by atoms with E-state index in [1.807, 2.05) is 13.0 Å². The molecule has 0 saturated carbocycles. The van der Waals surface area contributed by atoms with Crippen LogP contribution in [-0.2, 0) is 9.90 Å². The third-order valence-electron chi connectivity index (χ3n) is 0.976. The van der Waals surface area contributed by atoms with Gasteiger partial charge in [0.1, 0.15) is 0 Å². The second kappa shape index (κ2) is 4.13. The minimum absolute atomic E-state index is 0.0633. The van der Waals surface area contributed by atoms with E-state index in [2.05, 4.69) is 0 Å². The third kappa shape index (κ3) is 5.07. The van der Waals surface area contributed by atoms with Gasteiger partial charge in [-0.15, -0.1) is 0 Å². The molecule has 0 aliphatic carbocycles. The summed E-state index contributed by atoms with van der Waals surface area (Å²) in [4.78, 5) is 9.93. The minimum atomic E-state index is -1.00. The van der Waals surface area contributed by atoms with Crippen molar-refractivity contribution in [2.45, 2.75) is 26.7 Å². The van der Waals surface area contributed by atoms with Crippen molar-refractivity contribution in [2.75, 3.05) is 0 Å². The van der Waals surface area contributed by atoms with Crippen molar-refractivity contribution in [1.82, 2.24) is 0 Å². The Morgan fingerprint density at radius 2 is 2.11 bits per heavy atom. The van der Waals surface area contributed by atoms with Crippen molar-refractivity contribution in [1.29, 1.82) is 0 Å². The summed E-state index contributed by atoms with van der Waals surface area (Å²) in [6.45, 7) is 3.76. The van der Waals surface area contributed by atoms with Crippen LogP contribution in [-0.4, -0.2) is 5.97 Å². The van der Waals surface area contributed by atoms with Gasteiger partial charge in [0, 0.05) is 0 Å². The molecule has 1 radical (unpaired) electrons. The van der Waals surface area contributed by atoms with Gasteiger partial charge < -0.3 is 0 Å². The van der Waals surface area contributed by atoms with E-state index in [9.17, 15) is 9.90 Å². The monoisotopic (exact) mass is 127 g/mol. The minimum Gasteiger partial charge on any atom is -0.247 e. The molecule has 2 nitrogen and oxygen atoms in total. The third-order valence-corrected chi connectivity index (χ3v) is 0.976. The lowest BCUT2D eigenvalue weighted by molar-refractivity contribution is -0.142. The topological polar surface area (TPSA) is 37.0 Å². The van der Waals surface area contributed by atoms with Gasteiger partial charge in [0.05, 0.1) is 6.42 Å². The molecule has 0 aliphatic heterocycles. The zero-order chi connectivity index (χ0) is 7.28. The zero-order valence-corrected chi connectivity index (χ0v) is 5.81. The van der Waals surface area contributed by atoms with Crippen molar-refractivity contribution in [3.05, 3.63) is 11.6 Å². The number of carbonyl (C=O) groups is 1. The first-order valence-corrected chi connectivity index (χ1v) is 3.02. The maximum atomic E-state index is 9.93. The molecule has 9 heavy (non-hydrogen) atoms. The predicted octanol–water partition coefficient (Wildman–Crippen LogP) is 1.69. The molecule has 0 atom stereocenters. The summed E-state index contributed by atoms with van der Waals surface area (Å²) in [5.74, 6) is -1.00. The molecule has 0 aromatic rings. The van der Waals surface area contributed by atoms with Crippen molar-refractivity contribution in [3.63, 3.8) is 0 Å². The lowest BCUT2D eigenvalue weighted by Crippen LogP contribution is -1.92. The fraction of sp³-hybridized carbons (Fsp3) is 0.571. The van der Waals surface area contributed by atoms with Crippen LogP contribution in [0.25, 0.3) is 0 Å². The largest absolute Gasteiger partial charge is 0.359 e. The molecule has 0 aliphatic rings. The van der Waals surface area contributed by atoms with Crippen molar-refractivity contribution in [3.8, 4) is 0 Å². The Bertz CT molecular complexity index is 125. The van der Waals surface area contributed by atoms with Crippen LogP contribution in [0.4, 0.5) is 0 Å². The van der Waals surface area contributed by atoms with Crippen LogP contribution in [0, 0.1) is 0 Å². The SMILES string of the molecule is CC/C=C(\C)CC([O])=O. The van der Waals surface area contributed by atoms with E-state index in [0.717, 1.165) is 12.0 Å². The number of hydrogen-bond acceptors (Lipinski definition) is 1. The second-order valence-corrected chi connectivity index (χ2v) is 2.01. The number of allylic oxidation sites excluding steroid dienone is 1. The highest BCUT2D eigenvalue weighted by Gasteiger charge is 1.98. The Kier molecular flexibility index (Phi) is 3.76. The first kappa shape index (κ1) is 8.21. The van der Waals surface area contributed by atoms with E-state index < -0.39 is 5.97 Å². The molecule has 0 saturated heterocycles. The van der Waals surface area contributed by atoms with Crippen LogP contribution in [0.2, 0.25) is 0 Å². The van der Waals surface area contributed by atoms with Gasteiger partial charge in [0.15, 0.2) is 0 Å². The maximum absolute atomic E-state index is 9.93. The van der Waals surface area contributed by atoms with Crippen molar-refractivity contribution >= 4 is 5.97 Å². The molecule has 51 valence electrons. The van der Waals surface area contributed by atoms with Crippen molar-refractivity contribution in [2.24, 2.45) is 0 Å². The van der Waals surface area contributed by atoms with Crippen LogP contribution in [0.1, 0.15) is 26.7 Å². The average molecular weight is 127 g/mol. The van der Waals surface area contributed by atoms with Gasteiger partial charge in [-0.25, -0.2) is 9.90 Å². The summed E-state index contributed by atoms with van der Waals surface area (Å²) < 4.78 is 0. The van der Waals surface area contributed by atoms with E-state index in [1.54, 1.807) is 6.92 Å². The summed E-state index contributed by atoms with van der Waals surface area (Å²) in [5, 5.41) is 9.93. The van der Waals surface area contributed by atoms with Gasteiger partial charge in [-0.1, -0.05) is 18.6 Å². The summed E-state index contributed by atoms with van der Waals surface area (Å²) >= 11 is 0. The molecular weight excluding hydrogens is 116 g/mol. The molecule has 0 aromatic heterocycles. The Labute approximate surface area is 55.2 Å². The zero-order valence-electron chi connectivity index (χ0n) is 5.81. The van der Waals surface area contributed by atoms with Crippen LogP contribution in [0.3, 0.4) is 0 Å². The smallest absolute Gasteiger partial charge is 0.247 e. The summed E-state index contributed by atoms with van der Waals surface area (Å²) in [6.07, 6.45) is 2.84. The standard InChI is InChI=1S/C7H11O2/c1-3-4-6(2)5-7(8)9/h4H,3,5H2,1-2H3/b6-4+. The quantitative estimate of drug-likeness (QED) is 0.531. The highest BCUT2D eigenvalue weighted by atomic mass is 16.4. The highest BCUT2D eigenvalue weighted by Crippen LogP contribution is 2.00. The van der Waals surface area contributed by atoms with E-state index in [0.29, 0.717) is 0 Å². The van der Waals surface area contributed by atoms with Crippen LogP contribution < -0.4 is 0 Å². The van der Waals surface area contributed by atoms with E-state index in [4.69, 9.17) is 0 Å². The Hall–Kier alpha value is -0.790. The van der Waals surface area contributed by atoms with E-state index in [1.165, 1.54) is 0 Å². The summed E-state index contributed by atoms with van der Waals surface area (Å²) in [6, 6.07) is 0. The van der Waals surface area contributed by atoms with Gasteiger partial charge in [-0.3, -0.25) is 0 Å². The molecule has 0 fully saturated rings. The maximum Gasteiger partial charge on any atom is 0.359 e. The lowest BCUT2D eigenvalue weighted by Gasteiger charge is -1.90. The summed E-state index contributed by atoms with van der Waals surface area (Å²) in [7, 11) is 0. The normalized spacial score (nSPS) is 11.6. The molecule has 0 spiro atoms. The second-order valence-electron chi connectivity index (χ2n) is 2.01. The van der Waals surface area contributed by atoms with Crippen LogP contribution in [0.15, 0.2) is 11.6 Å². The van der Waals surface area contributed by atoms with Crippen LogP contribution in [0.5, 0.6) is 0 Å². The number of carbonyl (C=O) groups excluding carboxylic acids is 1. The fourth-order valence-corrected chi connectivity index (χ4v) is 0.648.